The number of likely N-dealkylation sites (tertiary alicyclic amines) is 1. The van der Waals surface area contributed by atoms with E-state index in [0.29, 0.717) is 30.2 Å². The third-order valence-electron chi connectivity index (χ3n) is 3.34. The predicted molar refractivity (Wildman–Crippen MR) is 71.2 cm³/mol. The van der Waals surface area contributed by atoms with E-state index in [1.54, 1.807) is 23.1 Å². The van der Waals surface area contributed by atoms with E-state index in [0.717, 1.165) is 0 Å². The van der Waals surface area contributed by atoms with Crippen LogP contribution in [-0.4, -0.2) is 49.2 Å². The van der Waals surface area contributed by atoms with E-state index in [2.05, 4.69) is 0 Å². The molecule has 1 aliphatic rings. The van der Waals surface area contributed by atoms with Crippen molar-refractivity contribution in [3.05, 3.63) is 23.8 Å². The maximum absolute atomic E-state index is 12.3. The summed E-state index contributed by atoms with van der Waals surface area (Å²) >= 11 is 0. The van der Waals surface area contributed by atoms with Gasteiger partial charge in [0.2, 0.25) is 0 Å². The lowest BCUT2D eigenvalue weighted by molar-refractivity contribution is -0.139. The van der Waals surface area contributed by atoms with Crippen molar-refractivity contribution in [1.29, 1.82) is 0 Å². The first-order chi connectivity index (χ1) is 9.55. The fourth-order valence-electron chi connectivity index (χ4n) is 2.26. The number of ether oxygens (including phenoxy) is 2. The molecule has 0 aromatic heterocycles. The second-order valence-corrected chi connectivity index (χ2v) is 4.74. The van der Waals surface area contributed by atoms with E-state index in [4.69, 9.17) is 14.6 Å². The van der Waals surface area contributed by atoms with Crippen LogP contribution in [0.5, 0.6) is 11.5 Å². The minimum atomic E-state index is -0.832. The zero-order valence-corrected chi connectivity index (χ0v) is 11.5. The molecule has 0 radical (unpaired) electrons. The second-order valence-electron chi connectivity index (χ2n) is 4.74. The number of carboxylic acid groups (broad SMARTS) is 1. The SMILES string of the molecule is COc1ccc(OC)c(C(=O)N2CC(CC(=O)O)C2)c1. The molecule has 1 fully saturated rings. The van der Waals surface area contributed by atoms with Crippen LogP contribution in [0.3, 0.4) is 0 Å². The molecule has 1 aromatic rings. The molecule has 0 aliphatic carbocycles. The van der Waals surface area contributed by atoms with E-state index in [1.807, 2.05) is 0 Å². The topological polar surface area (TPSA) is 76.1 Å². The number of amides is 1. The Balaban J connectivity index is 2.08. The molecule has 1 aliphatic heterocycles. The average molecular weight is 279 g/mol. The molecule has 1 N–H and O–H groups in total. The van der Waals surface area contributed by atoms with Crippen molar-refractivity contribution in [2.45, 2.75) is 6.42 Å². The van der Waals surface area contributed by atoms with Crippen LogP contribution in [-0.2, 0) is 4.79 Å². The van der Waals surface area contributed by atoms with Crippen molar-refractivity contribution in [3.63, 3.8) is 0 Å². The molecule has 2 rings (SSSR count). The summed E-state index contributed by atoms with van der Waals surface area (Å²) in [4.78, 5) is 24.6. The van der Waals surface area contributed by atoms with Crippen LogP contribution in [0.1, 0.15) is 16.8 Å². The predicted octanol–water partition coefficient (Wildman–Crippen LogP) is 1.25. The lowest BCUT2D eigenvalue weighted by Gasteiger charge is -2.38. The van der Waals surface area contributed by atoms with Gasteiger partial charge in [0, 0.05) is 19.0 Å². The molecule has 1 amide bonds. The number of carboxylic acids is 1. The first-order valence-electron chi connectivity index (χ1n) is 6.28. The molecule has 0 unspecified atom stereocenters. The van der Waals surface area contributed by atoms with Crippen LogP contribution < -0.4 is 9.47 Å². The van der Waals surface area contributed by atoms with Gasteiger partial charge in [-0.2, -0.15) is 0 Å². The molecule has 6 nitrogen and oxygen atoms in total. The van der Waals surface area contributed by atoms with Crippen LogP contribution in [0.4, 0.5) is 0 Å². The molecule has 20 heavy (non-hydrogen) atoms. The highest BCUT2D eigenvalue weighted by Crippen LogP contribution is 2.28. The van der Waals surface area contributed by atoms with Crippen molar-refractivity contribution in [2.75, 3.05) is 27.3 Å². The van der Waals surface area contributed by atoms with Crippen molar-refractivity contribution >= 4 is 11.9 Å². The average Bonchev–Trinajstić information content (AvgIpc) is 2.40. The van der Waals surface area contributed by atoms with Crippen molar-refractivity contribution < 1.29 is 24.2 Å². The van der Waals surface area contributed by atoms with E-state index >= 15 is 0 Å². The molecule has 0 saturated carbocycles. The van der Waals surface area contributed by atoms with Crippen LogP contribution in [0.2, 0.25) is 0 Å². The summed E-state index contributed by atoms with van der Waals surface area (Å²) < 4.78 is 10.3. The van der Waals surface area contributed by atoms with Crippen LogP contribution in [0.25, 0.3) is 0 Å². The molecule has 1 heterocycles. The zero-order valence-electron chi connectivity index (χ0n) is 11.5. The molecule has 6 heteroatoms. The van der Waals surface area contributed by atoms with Crippen molar-refractivity contribution in [3.8, 4) is 11.5 Å². The summed E-state index contributed by atoms with van der Waals surface area (Å²) in [6.07, 6.45) is 0.0963. The monoisotopic (exact) mass is 279 g/mol. The van der Waals surface area contributed by atoms with Gasteiger partial charge in [0.1, 0.15) is 11.5 Å². The Hall–Kier alpha value is -2.24. The highest BCUT2D eigenvalue weighted by atomic mass is 16.5. The number of carbonyl (C=O) groups excluding carboxylic acids is 1. The third-order valence-corrected chi connectivity index (χ3v) is 3.34. The summed E-state index contributed by atoms with van der Waals surface area (Å²) in [6.45, 7) is 0.928. The van der Waals surface area contributed by atoms with Gasteiger partial charge in [0.25, 0.3) is 5.91 Å². The van der Waals surface area contributed by atoms with Crippen LogP contribution in [0, 0.1) is 5.92 Å². The Kier molecular flexibility index (Phi) is 4.12. The maximum Gasteiger partial charge on any atom is 0.303 e. The molecule has 0 spiro atoms. The fraction of sp³-hybridized carbons (Fsp3) is 0.429. The number of rotatable bonds is 5. The van der Waals surface area contributed by atoms with Gasteiger partial charge >= 0.3 is 5.97 Å². The van der Waals surface area contributed by atoms with Crippen molar-refractivity contribution in [1.82, 2.24) is 4.90 Å². The number of hydrogen-bond donors (Lipinski definition) is 1. The van der Waals surface area contributed by atoms with E-state index in [1.165, 1.54) is 14.2 Å². The van der Waals surface area contributed by atoms with Gasteiger partial charge in [-0.15, -0.1) is 0 Å². The fourth-order valence-corrected chi connectivity index (χ4v) is 2.26. The minimum absolute atomic E-state index is 0.0352. The van der Waals surface area contributed by atoms with Gasteiger partial charge in [0.15, 0.2) is 0 Å². The number of carbonyl (C=O) groups is 2. The summed E-state index contributed by atoms with van der Waals surface area (Å²) in [5.74, 6) is 0.103. The van der Waals surface area contributed by atoms with Crippen LogP contribution >= 0.6 is 0 Å². The first kappa shape index (κ1) is 14.2. The first-order valence-corrected chi connectivity index (χ1v) is 6.28. The normalized spacial score (nSPS) is 14.6. The summed E-state index contributed by atoms with van der Waals surface area (Å²) in [7, 11) is 3.03. The molecule has 0 bridgehead atoms. The zero-order chi connectivity index (χ0) is 14.7. The summed E-state index contributed by atoms with van der Waals surface area (Å²) in [6, 6.07) is 5.03. The molecule has 1 saturated heterocycles. The molecule has 0 atom stereocenters. The van der Waals surface area contributed by atoms with E-state index in [9.17, 15) is 9.59 Å². The van der Waals surface area contributed by atoms with Gasteiger partial charge in [-0.25, -0.2) is 0 Å². The number of benzene rings is 1. The Morgan fingerprint density at radius 2 is 2.00 bits per heavy atom. The van der Waals surface area contributed by atoms with Gasteiger partial charge < -0.3 is 19.5 Å². The summed E-state index contributed by atoms with van der Waals surface area (Å²) in [5.41, 5.74) is 0.431. The third kappa shape index (κ3) is 2.84. The Morgan fingerprint density at radius 3 is 2.55 bits per heavy atom. The molecule has 108 valence electrons. The van der Waals surface area contributed by atoms with E-state index < -0.39 is 5.97 Å². The van der Waals surface area contributed by atoms with Gasteiger partial charge in [-0.1, -0.05) is 0 Å². The highest BCUT2D eigenvalue weighted by molar-refractivity contribution is 5.98. The molecular weight excluding hydrogens is 262 g/mol. The largest absolute Gasteiger partial charge is 0.497 e. The quantitative estimate of drug-likeness (QED) is 0.878. The highest BCUT2D eigenvalue weighted by Gasteiger charge is 2.33. The number of methoxy groups -OCH3 is 2. The second kappa shape index (κ2) is 5.81. The summed E-state index contributed by atoms with van der Waals surface area (Å²) in [5, 5.41) is 8.70. The number of hydrogen-bond acceptors (Lipinski definition) is 4. The smallest absolute Gasteiger partial charge is 0.303 e. The van der Waals surface area contributed by atoms with Crippen LogP contribution in [0.15, 0.2) is 18.2 Å². The van der Waals surface area contributed by atoms with Gasteiger partial charge in [0.05, 0.1) is 26.2 Å². The minimum Gasteiger partial charge on any atom is -0.497 e. The van der Waals surface area contributed by atoms with E-state index in [-0.39, 0.29) is 18.2 Å². The maximum atomic E-state index is 12.3. The standard InChI is InChI=1S/C14H17NO5/c1-19-10-3-4-12(20-2)11(6-10)14(18)15-7-9(8-15)5-13(16)17/h3-4,6,9H,5,7-8H2,1-2H3,(H,16,17). The lowest BCUT2D eigenvalue weighted by atomic mass is 9.95. The number of nitrogens with zero attached hydrogens (tertiary/aromatic N) is 1. The van der Waals surface area contributed by atoms with Gasteiger partial charge in [-0.3, -0.25) is 9.59 Å². The Labute approximate surface area is 116 Å². The van der Waals surface area contributed by atoms with Crippen molar-refractivity contribution in [2.24, 2.45) is 5.92 Å². The Bertz CT molecular complexity index is 522. The Morgan fingerprint density at radius 1 is 1.30 bits per heavy atom. The lowest BCUT2D eigenvalue weighted by Crippen LogP contribution is -2.50. The molecule has 1 aromatic carbocycles. The van der Waals surface area contributed by atoms with Gasteiger partial charge in [-0.05, 0) is 18.2 Å². The number of aliphatic carboxylic acids is 1. The molecular formula is C14H17NO5.